The van der Waals surface area contributed by atoms with Gasteiger partial charge in [-0.3, -0.25) is 4.90 Å². The van der Waals surface area contributed by atoms with Crippen LogP contribution in [-0.2, 0) is 4.74 Å². The molecule has 5 nitrogen and oxygen atoms in total. The lowest BCUT2D eigenvalue weighted by Gasteiger charge is -2.42. The average molecular weight is 485 g/mol. The number of methoxy groups -OCH3 is 2. The van der Waals surface area contributed by atoms with Crippen LogP contribution in [-0.4, -0.2) is 57.3 Å². The largest absolute Gasteiger partial charge is 0.497 e. The van der Waals surface area contributed by atoms with Gasteiger partial charge < -0.3 is 14.4 Å². The zero-order chi connectivity index (χ0) is 24.9. The standard InChI is InChI=1S/C31H36N2O3/c1-35-30-17-11-26(12-18-30)25-9-15-29(16-10-25)33-21-19-32(20-22-33)28-13-7-24(8-14-28)23-3-5-27(6-4-23)31(34)36-2/h3-8,11-14,17-18,25,29H,9-10,15-16,19-22H2,1-2H3. The van der Waals surface area contributed by atoms with Crippen LogP contribution in [0.5, 0.6) is 5.75 Å². The summed E-state index contributed by atoms with van der Waals surface area (Å²) >= 11 is 0. The number of esters is 1. The summed E-state index contributed by atoms with van der Waals surface area (Å²) in [4.78, 5) is 16.9. The van der Waals surface area contributed by atoms with Crippen molar-refractivity contribution in [2.75, 3.05) is 45.3 Å². The maximum Gasteiger partial charge on any atom is 0.337 e. The molecule has 1 saturated heterocycles. The van der Waals surface area contributed by atoms with Crippen LogP contribution >= 0.6 is 0 Å². The topological polar surface area (TPSA) is 42.0 Å². The lowest BCUT2D eigenvalue weighted by Crippen LogP contribution is -2.51. The average Bonchev–Trinajstić information content (AvgIpc) is 2.97. The summed E-state index contributed by atoms with van der Waals surface area (Å²) in [5.74, 6) is 1.32. The number of piperazine rings is 1. The molecule has 1 saturated carbocycles. The van der Waals surface area contributed by atoms with Crippen LogP contribution in [0.3, 0.4) is 0 Å². The summed E-state index contributed by atoms with van der Waals surface area (Å²) in [6, 6.07) is 25.8. The van der Waals surface area contributed by atoms with Crippen molar-refractivity contribution in [1.82, 2.24) is 4.90 Å². The molecule has 0 radical (unpaired) electrons. The third-order valence-electron chi connectivity index (χ3n) is 7.99. The van der Waals surface area contributed by atoms with E-state index in [0.29, 0.717) is 11.5 Å². The minimum absolute atomic E-state index is 0.304. The zero-order valence-corrected chi connectivity index (χ0v) is 21.4. The van der Waals surface area contributed by atoms with Crippen molar-refractivity contribution in [3.63, 3.8) is 0 Å². The number of ether oxygens (including phenoxy) is 2. The Morgan fingerprint density at radius 3 is 1.86 bits per heavy atom. The Balaban J connectivity index is 1.11. The number of carbonyl (C=O) groups excluding carboxylic acids is 1. The second-order valence-electron chi connectivity index (χ2n) is 9.92. The quantitative estimate of drug-likeness (QED) is 0.402. The molecule has 0 aromatic heterocycles. The molecule has 3 aromatic carbocycles. The van der Waals surface area contributed by atoms with Crippen molar-refractivity contribution in [3.05, 3.63) is 83.9 Å². The highest BCUT2D eigenvalue weighted by Crippen LogP contribution is 2.36. The fraction of sp³-hybridized carbons (Fsp3) is 0.387. The van der Waals surface area contributed by atoms with E-state index < -0.39 is 0 Å². The molecular formula is C31H36N2O3. The maximum atomic E-state index is 11.7. The Labute approximate surface area is 214 Å². The van der Waals surface area contributed by atoms with Crippen LogP contribution in [0.1, 0.15) is 47.5 Å². The van der Waals surface area contributed by atoms with Crippen LogP contribution in [0.4, 0.5) is 5.69 Å². The Bertz CT molecular complexity index is 1130. The molecule has 0 N–H and O–H groups in total. The molecule has 0 unspecified atom stereocenters. The molecule has 0 bridgehead atoms. The first-order valence-electron chi connectivity index (χ1n) is 13.1. The van der Waals surface area contributed by atoms with E-state index in [0.717, 1.165) is 49.1 Å². The number of anilines is 1. The highest BCUT2D eigenvalue weighted by atomic mass is 16.5. The number of hydrogen-bond acceptors (Lipinski definition) is 5. The second kappa shape index (κ2) is 11.2. The highest BCUT2D eigenvalue weighted by Gasteiger charge is 2.29. The minimum atomic E-state index is -0.304. The Kier molecular flexibility index (Phi) is 7.57. The first kappa shape index (κ1) is 24.4. The first-order valence-corrected chi connectivity index (χ1v) is 13.1. The van der Waals surface area contributed by atoms with Crippen LogP contribution in [0, 0.1) is 0 Å². The Morgan fingerprint density at radius 1 is 0.722 bits per heavy atom. The molecule has 1 aliphatic heterocycles. The molecule has 3 aromatic rings. The minimum Gasteiger partial charge on any atom is -0.497 e. The van der Waals surface area contributed by atoms with E-state index in [-0.39, 0.29) is 5.97 Å². The van der Waals surface area contributed by atoms with Gasteiger partial charge in [-0.2, -0.15) is 0 Å². The molecule has 5 rings (SSSR count). The van der Waals surface area contributed by atoms with Gasteiger partial charge in [-0.1, -0.05) is 36.4 Å². The number of benzene rings is 3. The summed E-state index contributed by atoms with van der Waals surface area (Å²) < 4.78 is 10.1. The number of rotatable bonds is 6. The molecule has 0 atom stereocenters. The molecule has 2 aliphatic rings. The van der Waals surface area contributed by atoms with Crippen LogP contribution in [0.15, 0.2) is 72.8 Å². The van der Waals surface area contributed by atoms with Gasteiger partial charge in [0.2, 0.25) is 0 Å². The normalized spacial score (nSPS) is 20.7. The molecule has 2 fully saturated rings. The van der Waals surface area contributed by atoms with Gasteiger partial charge in [0.25, 0.3) is 0 Å². The summed E-state index contributed by atoms with van der Waals surface area (Å²) in [6.07, 6.45) is 5.14. The van der Waals surface area contributed by atoms with Crippen LogP contribution < -0.4 is 9.64 Å². The van der Waals surface area contributed by atoms with Crippen molar-refractivity contribution >= 4 is 11.7 Å². The van der Waals surface area contributed by atoms with E-state index in [1.54, 1.807) is 7.11 Å². The van der Waals surface area contributed by atoms with Crippen molar-refractivity contribution in [2.45, 2.75) is 37.6 Å². The molecule has 36 heavy (non-hydrogen) atoms. The molecule has 1 heterocycles. The fourth-order valence-electron chi connectivity index (χ4n) is 5.78. The van der Waals surface area contributed by atoms with Crippen molar-refractivity contribution < 1.29 is 14.3 Å². The van der Waals surface area contributed by atoms with Gasteiger partial charge in [0, 0.05) is 37.9 Å². The fourth-order valence-corrected chi connectivity index (χ4v) is 5.78. The predicted molar refractivity (Wildman–Crippen MR) is 145 cm³/mol. The van der Waals surface area contributed by atoms with Crippen LogP contribution in [0.25, 0.3) is 11.1 Å². The van der Waals surface area contributed by atoms with Gasteiger partial charge in [0.15, 0.2) is 0 Å². The number of hydrogen-bond donors (Lipinski definition) is 0. The lowest BCUT2D eigenvalue weighted by molar-refractivity contribution is 0.0600. The Hall–Kier alpha value is -3.31. The molecule has 188 valence electrons. The van der Waals surface area contributed by atoms with Crippen molar-refractivity contribution in [1.29, 1.82) is 0 Å². The molecular weight excluding hydrogens is 448 g/mol. The van der Waals surface area contributed by atoms with E-state index >= 15 is 0 Å². The van der Waals surface area contributed by atoms with E-state index in [9.17, 15) is 4.79 Å². The predicted octanol–water partition coefficient (Wildman–Crippen LogP) is 6.00. The van der Waals surface area contributed by atoms with Crippen molar-refractivity contribution in [3.8, 4) is 16.9 Å². The van der Waals surface area contributed by atoms with Gasteiger partial charge in [-0.05, 0) is 84.7 Å². The second-order valence-corrected chi connectivity index (χ2v) is 9.92. The lowest BCUT2D eigenvalue weighted by atomic mass is 9.81. The van der Waals surface area contributed by atoms with Crippen molar-refractivity contribution in [2.24, 2.45) is 0 Å². The summed E-state index contributed by atoms with van der Waals surface area (Å²) in [5.41, 5.74) is 5.58. The molecule has 0 amide bonds. The van der Waals surface area contributed by atoms with E-state index in [2.05, 4.69) is 58.3 Å². The van der Waals surface area contributed by atoms with Crippen LogP contribution in [0.2, 0.25) is 0 Å². The van der Waals surface area contributed by atoms with Gasteiger partial charge in [0.1, 0.15) is 5.75 Å². The highest BCUT2D eigenvalue weighted by molar-refractivity contribution is 5.90. The Morgan fingerprint density at radius 2 is 1.31 bits per heavy atom. The van der Waals surface area contributed by atoms with Gasteiger partial charge in [-0.25, -0.2) is 4.79 Å². The molecule has 1 aliphatic carbocycles. The summed E-state index contributed by atoms with van der Waals surface area (Å²) in [7, 11) is 3.13. The molecule has 5 heteroatoms. The zero-order valence-electron chi connectivity index (χ0n) is 21.4. The maximum absolute atomic E-state index is 11.7. The third-order valence-corrected chi connectivity index (χ3v) is 7.99. The number of nitrogens with zero attached hydrogens (tertiary/aromatic N) is 2. The summed E-state index contributed by atoms with van der Waals surface area (Å²) in [5, 5.41) is 0. The third kappa shape index (κ3) is 5.41. The van der Waals surface area contributed by atoms with Gasteiger partial charge >= 0.3 is 5.97 Å². The SMILES string of the molecule is COC(=O)c1ccc(-c2ccc(N3CCN(C4CCC(c5ccc(OC)cc5)CC4)CC3)cc2)cc1. The first-order chi connectivity index (χ1) is 17.6. The smallest absolute Gasteiger partial charge is 0.337 e. The molecule has 0 spiro atoms. The van der Waals surface area contributed by atoms with E-state index in [1.165, 1.54) is 44.0 Å². The summed E-state index contributed by atoms with van der Waals surface area (Å²) in [6.45, 7) is 4.42. The number of carbonyl (C=O) groups is 1. The van der Waals surface area contributed by atoms with Gasteiger partial charge in [0.05, 0.1) is 19.8 Å². The van der Waals surface area contributed by atoms with E-state index in [4.69, 9.17) is 9.47 Å². The van der Waals surface area contributed by atoms with Gasteiger partial charge in [-0.15, -0.1) is 0 Å². The van der Waals surface area contributed by atoms with E-state index in [1.807, 2.05) is 24.3 Å². The monoisotopic (exact) mass is 484 g/mol.